The first-order chi connectivity index (χ1) is 9.67. The zero-order valence-electron chi connectivity index (χ0n) is 10.9. The van der Waals surface area contributed by atoms with Crippen LogP contribution in [0.1, 0.15) is 17.5 Å². The topological polar surface area (TPSA) is 78.4 Å². The van der Waals surface area contributed by atoms with Crippen LogP contribution in [0.25, 0.3) is 11.0 Å². The van der Waals surface area contributed by atoms with Gasteiger partial charge in [0.1, 0.15) is 23.4 Å². The van der Waals surface area contributed by atoms with Gasteiger partial charge in [0.25, 0.3) is 0 Å². The number of hydrogen-bond donors (Lipinski definition) is 3. The van der Waals surface area contributed by atoms with Gasteiger partial charge in [0.2, 0.25) is 0 Å². The first kappa shape index (κ1) is 12.5. The fourth-order valence-electron chi connectivity index (χ4n) is 2.09. The molecule has 0 spiro atoms. The minimum atomic E-state index is -0.851. The molecule has 3 N–H and O–H groups in total. The fourth-order valence-corrected chi connectivity index (χ4v) is 2.09. The number of H-pyrrole nitrogens is 1. The summed E-state index contributed by atoms with van der Waals surface area (Å²) in [7, 11) is 1.59. The number of ether oxygens (including phenoxy) is 1. The normalized spacial score (nSPS) is 12.5. The molecule has 2 aromatic carbocycles. The predicted octanol–water partition coefficient (Wildman–Crippen LogP) is 2.36. The number of nitrogens with zero attached hydrogens (tertiary/aromatic N) is 1. The molecule has 0 saturated heterocycles. The lowest BCUT2D eigenvalue weighted by atomic mass is 10.1. The van der Waals surface area contributed by atoms with Crippen molar-refractivity contribution in [2.24, 2.45) is 0 Å². The first-order valence-electron chi connectivity index (χ1n) is 6.18. The van der Waals surface area contributed by atoms with E-state index in [1.807, 2.05) is 0 Å². The summed E-state index contributed by atoms with van der Waals surface area (Å²) >= 11 is 0. The zero-order chi connectivity index (χ0) is 14.1. The summed E-state index contributed by atoms with van der Waals surface area (Å²) in [6, 6.07) is 12.0. The molecule has 0 radical (unpaired) electrons. The monoisotopic (exact) mass is 270 g/mol. The largest absolute Gasteiger partial charge is 0.508 e. The van der Waals surface area contributed by atoms with Gasteiger partial charge in [0.05, 0.1) is 18.1 Å². The molecule has 1 unspecified atom stereocenters. The molecule has 0 aliphatic rings. The van der Waals surface area contributed by atoms with Crippen LogP contribution in [0.3, 0.4) is 0 Å². The molecule has 3 aromatic rings. The Balaban J connectivity index is 1.96. The second-order valence-corrected chi connectivity index (χ2v) is 4.50. The number of fused-ring (bicyclic) bond motifs is 1. The number of aliphatic hydroxyl groups excluding tert-OH is 1. The van der Waals surface area contributed by atoms with E-state index < -0.39 is 6.10 Å². The van der Waals surface area contributed by atoms with Gasteiger partial charge in [-0.05, 0) is 29.8 Å². The van der Waals surface area contributed by atoms with E-state index in [-0.39, 0.29) is 5.75 Å². The van der Waals surface area contributed by atoms with Crippen LogP contribution >= 0.6 is 0 Å². The molecule has 0 aliphatic carbocycles. The lowest BCUT2D eigenvalue weighted by molar-refractivity contribution is 0.211. The molecular weight excluding hydrogens is 256 g/mol. The van der Waals surface area contributed by atoms with Gasteiger partial charge in [-0.1, -0.05) is 12.1 Å². The van der Waals surface area contributed by atoms with Gasteiger partial charge in [-0.15, -0.1) is 0 Å². The summed E-state index contributed by atoms with van der Waals surface area (Å²) in [5.74, 6) is 1.32. The van der Waals surface area contributed by atoms with Crippen LogP contribution in [0.4, 0.5) is 0 Å². The van der Waals surface area contributed by atoms with E-state index in [0.29, 0.717) is 16.9 Å². The Bertz CT molecular complexity index is 734. The molecular formula is C15H14N2O3. The second kappa shape index (κ2) is 4.86. The molecule has 3 rings (SSSR count). The highest BCUT2D eigenvalue weighted by Gasteiger charge is 2.15. The van der Waals surface area contributed by atoms with Crippen molar-refractivity contribution in [3.05, 3.63) is 53.9 Å². The number of rotatable bonds is 3. The molecule has 0 aliphatic heterocycles. The van der Waals surface area contributed by atoms with Gasteiger partial charge in [-0.3, -0.25) is 0 Å². The average Bonchev–Trinajstić information content (AvgIpc) is 2.89. The van der Waals surface area contributed by atoms with Crippen LogP contribution in [0.5, 0.6) is 11.5 Å². The van der Waals surface area contributed by atoms with Crippen molar-refractivity contribution in [2.75, 3.05) is 7.11 Å². The molecule has 0 amide bonds. The van der Waals surface area contributed by atoms with Crippen molar-refractivity contribution >= 4 is 11.0 Å². The second-order valence-electron chi connectivity index (χ2n) is 4.50. The Morgan fingerprint density at radius 3 is 2.60 bits per heavy atom. The number of aromatic amines is 1. The van der Waals surface area contributed by atoms with Crippen molar-refractivity contribution in [1.82, 2.24) is 9.97 Å². The Kier molecular flexibility index (Phi) is 3.04. The van der Waals surface area contributed by atoms with E-state index in [1.54, 1.807) is 49.6 Å². The number of benzene rings is 2. The van der Waals surface area contributed by atoms with Crippen LogP contribution in [0.2, 0.25) is 0 Å². The van der Waals surface area contributed by atoms with Crippen molar-refractivity contribution in [3.63, 3.8) is 0 Å². The van der Waals surface area contributed by atoms with E-state index in [1.165, 1.54) is 0 Å². The Morgan fingerprint density at radius 1 is 1.15 bits per heavy atom. The van der Waals surface area contributed by atoms with Crippen molar-refractivity contribution in [2.45, 2.75) is 6.10 Å². The van der Waals surface area contributed by atoms with Crippen LogP contribution in [-0.2, 0) is 0 Å². The molecule has 5 nitrogen and oxygen atoms in total. The predicted molar refractivity (Wildman–Crippen MR) is 74.8 cm³/mol. The highest BCUT2D eigenvalue weighted by Crippen LogP contribution is 2.25. The highest BCUT2D eigenvalue weighted by atomic mass is 16.5. The Labute approximate surface area is 115 Å². The van der Waals surface area contributed by atoms with Crippen molar-refractivity contribution in [1.29, 1.82) is 0 Å². The molecule has 20 heavy (non-hydrogen) atoms. The fraction of sp³-hybridized carbons (Fsp3) is 0.133. The molecule has 1 heterocycles. The van der Waals surface area contributed by atoms with Crippen LogP contribution < -0.4 is 4.74 Å². The molecule has 0 fully saturated rings. The minimum absolute atomic E-state index is 0.148. The maximum absolute atomic E-state index is 10.3. The van der Waals surface area contributed by atoms with E-state index in [9.17, 15) is 10.2 Å². The molecule has 1 aromatic heterocycles. The number of hydrogen-bond acceptors (Lipinski definition) is 4. The molecule has 102 valence electrons. The third kappa shape index (κ3) is 2.19. The van der Waals surface area contributed by atoms with Crippen LogP contribution in [0.15, 0.2) is 42.5 Å². The van der Waals surface area contributed by atoms with E-state index in [4.69, 9.17) is 4.74 Å². The summed E-state index contributed by atoms with van der Waals surface area (Å²) < 4.78 is 5.08. The number of methoxy groups -OCH3 is 1. The quantitative estimate of drug-likeness (QED) is 0.682. The number of phenols is 1. The molecule has 0 bridgehead atoms. The summed E-state index contributed by atoms with van der Waals surface area (Å²) in [4.78, 5) is 7.34. The molecule has 5 heteroatoms. The summed E-state index contributed by atoms with van der Waals surface area (Å²) in [6.07, 6.45) is -0.851. The van der Waals surface area contributed by atoms with Gasteiger partial charge in [-0.2, -0.15) is 0 Å². The number of aromatic nitrogens is 2. The zero-order valence-corrected chi connectivity index (χ0v) is 10.9. The minimum Gasteiger partial charge on any atom is -0.508 e. The number of imidazole rings is 1. The summed E-state index contributed by atoms with van der Waals surface area (Å²) in [5, 5.41) is 19.8. The van der Waals surface area contributed by atoms with E-state index in [2.05, 4.69) is 9.97 Å². The van der Waals surface area contributed by atoms with Gasteiger partial charge in [0, 0.05) is 6.07 Å². The third-order valence-electron chi connectivity index (χ3n) is 3.18. The van der Waals surface area contributed by atoms with E-state index in [0.717, 1.165) is 11.3 Å². The third-order valence-corrected chi connectivity index (χ3v) is 3.18. The number of phenolic OH excluding ortho intramolecular Hbond substituents is 1. The smallest absolute Gasteiger partial charge is 0.140 e. The number of nitrogens with one attached hydrogen (secondary N) is 1. The molecule has 0 saturated carbocycles. The highest BCUT2D eigenvalue weighted by molar-refractivity contribution is 5.76. The van der Waals surface area contributed by atoms with Crippen LogP contribution in [-0.4, -0.2) is 27.3 Å². The summed E-state index contributed by atoms with van der Waals surface area (Å²) in [5.41, 5.74) is 2.10. The lowest BCUT2D eigenvalue weighted by Crippen LogP contribution is -2.01. The Morgan fingerprint density at radius 2 is 1.90 bits per heavy atom. The maximum atomic E-state index is 10.3. The Hall–Kier alpha value is -2.53. The SMILES string of the molecule is COc1ccc(C(O)c2nc3cc(O)ccc3[nH]2)cc1. The van der Waals surface area contributed by atoms with Crippen molar-refractivity contribution < 1.29 is 14.9 Å². The number of aromatic hydroxyl groups is 1. The lowest BCUT2D eigenvalue weighted by Gasteiger charge is -2.08. The van der Waals surface area contributed by atoms with Gasteiger partial charge in [0.15, 0.2) is 0 Å². The average molecular weight is 270 g/mol. The van der Waals surface area contributed by atoms with Gasteiger partial charge >= 0.3 is 0 Å². The van der Waals surface area contributed by atoms with Crippen molar-refractivity contribution in [3.8, 4) is 11.5 Å². The van der Waals surface area contributed by atoms with E-state index >= 15 is 0 Å². The number of aliphatic hydroxyl groups is 1. The van der Waals surface area contributed by atoms with Gasteiger partial charge < -0.3 is 19.9 Å². The maximum Gasteiger partial charge on any atom is 0.140 e. The standard InChI is InChI=1S/C15H14N2O3/c1-20-11-5-2-9(3-6-11)14(19)15-16-12-7-4-10(18)8-13(12)17-15/h2-8,14,18-19H,1H3,(H,16,17). The summed E-state index contributed by atoms with van der Waals surface area (Å²) in [6.45, 7) is 0. The van der Waals surface area contributed by atoms with Crippen LogP contribution in [0, 0.1) is 0 Å². The molecule has 1 atom stereocenters. The van der Waals surface area contributed by atoms with Gasteiger partial charge in [-0.25, -0.2) is 4.98 Å². The first-order valence-corrected chi connectivity index (χ1v) is 6.18.